The molecule has 0 atom stereocenters. The van der Waals surface area contributed by atoms with Crippen LogP contribution >= 0.6 is 0 Å². The fourth-order valence-corrected chi connectivity index (χ4v) is 3.18. The van der Waals surface area contributed by atoms with Gasteiger partial charge in [0.25, 0.3) is 0 Å². The number of fused-ring (bicyclic) bond motifs is 1. The molecule has 0 bridgehead atoms. The third kappa shape index (κ3) is 3.80. The first-order chi connectivity index (χ1) is 15.5. The molecular formula is C23H19N7O2. The highest BCUT2D eigenvalue weighted by atomic mass is 16.5. The number of carbonyl (C=O) groups excluding carboxylic acids is 1. The number of nitriles is 1. The molecule has 0 saturated carbocycles. The van der Waals surface area contributed by atoms with Crippen molar-refractivity contribution in [2.24, 2.45) is 0 Å². The van der Waals surface area contributed by atoms with Crippen LogP contribution < -0.4 is 0 Å². The van der Waals surface area contributed by atoms with E-state index >= 15 is 0 Å². The Morgan fingerprint density at radius 1 is 1.12 bits per heavy atom. The molecule has 0 N–H and O–H groups in total. The van der Waals surface area contributed by atoms with E-state index in [-0.39, 0.29) is 29.5 Å². The second-order valence-electron chi connectivity index (χ2n) is 6.75. The van der Waals surface area contributed by atoms with Crippen LogP contribution in [0.25, 0.3) is 16.9 Å². The molecule has 9 nitrogen and oxygen atoms in total. The summed E-state index contributed by atoms with van der Waals surface area (Å²) < 4.78 is 8.36. The molecule has 32 heavy (non-hydrogen) atoms. The number of aryl methyl sites for hydroxylation is 2. The van der Waals surface area contributed by atoms with Crippen molar-refractivity contribution in [1.82, 2.24) is 29.1 Å². The van der Waals surface area contributed by atoms with Crippen LogP contribution in [0.4, 0.5) is 0 Å². The largest absolute Gasteiger partial charge is 0.461 e. The highest BCUT2D eigenvalue weighted by molar-refractivity contribution is 5.89. The summed E-state index contributed by atoms with van der Waals surface area (Å²) in [6, 6.07) is 11.8. The molecule has 0 radical (unpaired) electrons. The SMILES string of the molecule is CCOC(=O)c1nc(C#N)c2nc(C#Cc3nc(-c4ccccc4)cn3CC)nn2c1C. The summed E-state index contributed by atoms with van der Waals surface area (Å²) in [5.74, 6) is 6.08. The lowest BCUT2D eigenvalue weighted by molar-refractivity contribution is 0.0517. The third-order valence-corrected chi connectivity index (χ3v) is 4.75. The van der Waals surface area contributed by atoms with E-state index in [1.807, 2.05) is 54.1 Å². The molecule has 3 aromatic heterocycles. The van der Waals surface area contributed by atoms with Gasteiger partial charge in [-0.1, -0.05) is 30.3 Å². The molecule has 0 aliphatic rings. The Kier molecular flexibility index (Phi) is 5.65. The van der Waals surface area contributed by atoms with Crippen molar-refractivity contribution in [3.8, 4) is 29.2 Å². The molecule has 1 aromatic carbocycles. The summed E-state index contributed by atoms with van der Waals surface area (Å²) in [6.45, 7) is 6.27. The quantitative estimate of drug-likeness (QED) is 0.365. The molecule has 0 aliphatic carbocycles. The number of ether oxygens (including phenoxy) is 1. The minimum atomic E-state index is -0.620. The van der Waals surface area contributed by atoms with E-state index in [1.54, 1.807) is 13.8 Å². The second kappa shape index (κ2) is 8.70. The fourth-order valence-electron chi connectivity index (χ4n) is 3.18. The first-order valence-corrected chi connectivity index (χ1v) is 10.0. The van der Waals surface area contributed by atoms with Gasteiger partial charge < -0.3 is 9.30 Å². The van der Waals surface area contributed by atoms with Gasteiger partial charge in [0.05, 0.1) is 18.0 Å². The lowest BCUT2D eigenvalue weighted by Crippen LogP contribution is -2.14. The van der Waals surface area contributed by atoms with Crippen LogP contribution in [0.3, 0.4) is 0 Å². The summed E-state index contributed by atoms with van der Waals surface area (Å²) in [5.41, 5.74) is 2.46. The number of benzene rings is 1. The summed E-state index contributed by atoms with van der Waals surface area (Å²) in [4.78, 5) is 25.3. The molecule has 0 fully saturated rings. The van der Waals surface area contributed by atoms with E-state index in [4.69, 9.17) is 4.74 Å². The van der Waals surface area contributed by atoms with Crippen LogP contribution in [-0.4, -0.2) is 41.7 Å². The van der Waals surface area contributed by atoms with Crippen molar-refractivity contribution in [2.45, 2.75) is 27.3 Å². The Bertz CT molecular complexity index is 1420. The number of rotatable bonds is 4. The van der Waals surface area contributed by atoms with E-state index in [2.05, 4.69) is 31.9 Å². The summed E-state index contributed by atoms with van der Waals surface area (Å²) in [6.07, 6.45) is 1.95. The van der Waals surface area contributed by atoms with Gasteiger partial charge in [-0.05, 0) is 32.6 Å². The van der Waals surface area contributed by atoms with Gasteiger partial charge in [0, 0.05) is 18.3 Å². The van der Waals surface area contributed by atoms with Crippen LogP contribution in [0, 0.1) is 30.1 Å². The monoisotopic (exact) mass is 425 g/mol. The molecule has 0 saturated heterocycles. The minimum absolute atomic E-state index is 0.0225. The van der Waals surface area contributed by atoms with E-state index < -0.39 is 5.97 Å². The van der Waals surface area contributed by atoms with E-state index in [9.17, 15) is 10.1 Å². The first-order valence-electron chi connectivity index (χ1n) is 10.0. The van der Waals surface area contributed by atoms with Crippen molar-refractivity contribution in [3.05, 3.63) is 65.3 Å². The van der Waals surface area contributed by atoms with Crippen molar-refractivity contribution in [3.63, 3.8) is 0 Å². The maximum atomic E-state index is 12.2. The van der Waals surface area contributed by atoms with Crippen molar-refractivity contribution >= 4 is 11.6 Å². The second-order valence-corrected chi connectivity index (χ2v) is 6.75. The number of esters is 1. The van der Waals surface area contributed by atoms with E-state index in [1.165, 1.54) is 4.52 Å². The van der Waals surface area contributed by atoms with Gasteiger partial charge in [-0.2, -0.15) is 10.2 Å². The Balaban J connectivity index is 1.76. The first kappa shape index (κ1) is 20.8. The Hall–Kier alpha value is -4.50. The molecule has 9 heteroatoms. The zero-order valence-corrected chi connectivity index (χ0v) is 17.8. The maximum absolute atomic E-state index is 12.2. The van der Waals surface area contributed by atoms with Crippen LogP contribution in [0.2, 0.25) is 0 Å². The van der Waals surface area contributed by atoms with Gasteiger partial charge >= 0.3 is 5.97 Å². The van der Waals surface area contributed by atoms with Crippen molar-refractivity contribution in [2.75, 3.05) is 6.61 Å². The number of hydrogen-bond acceptors (Lipinski definition) is 7. The topological polar surface area (TPSA) is 111 Å². The lowest BCUT2D eigenvalue weighted by atomic mass is 10.2. The zero-order valence-electron chi connectivity index (χ0n) is 17.8. The van der Waals surface area contributed by atoms with E-state index in [0.29, 0.717) is 18.1 Å². The van der Waals surface area contributed by atoms with E-state index in [0.717, 1.165) is 11.3 Å². The molecule has 158 valence electrons. The maximum Gasteiger partial charge on any atom is 0.358 e. The van der Waals surface area contributed by atoms with Crippen molar-refractivity contribution in [1.29, 1.82) is 5.26 Å². The molecule has 0 amide bonds. The predicted octanol–water partition coefficient (Wildman–Crippen LogP) is 2.76. The normalized spacial score (nSPS) is 10.4. The van der Waals surface area contributed by atoms with Gasteiger partial charge in [0.1, 0.15) is 6.07 Å². The average molecular weight is 425 g/mol. The minimum Gasteiger partial charge on any atom is -0.461 e. The number of hydrogen-bond donors (Lipinski definition) is 0. The smallest absolute Gasteiger partial charge is 0.358 e. The average Bonchev–Trinajstić information content (AvgIpc) is 3.43. The Morgan fingerprint density at radius 3 is 2.59 bits per heavy atom. The molecule has 0 spiro atoms. The van der Waals surface area contributed by atoms with Crippen molar-refractivity contribution < 1.29 is 9.53 Å². The number of imidazole rings is 1. The van der Waals surface area contributed by atoms with Crippen LogP contribution in [-0.2, 0) is 11.3 Å². The molecule has 0 unspecified atom stereocenters. The van der Waals surface area contributed by atoms with Gasteiger partial charge in [0.2, 0.25) is 5.82 Å². The fraction of sp³-hybridized carbons (Fsp3) is 0.217. The lowest BCUT2D eigenvalue weighted by Gasteiger charge is -2.06. The van der Waals surface area contributed by atoms with Crippen LogP contribution in [0.15, 0.2) is 36.5 Å². The summed E-state index contributed by atoms with van der Waals surface area (Å²) >= 11 is 0. The number of nitrogens with zero attached hydrogens (tertiary/aromatic N) is 7. The molecule has 0 aliphatic heterocycles. The molecule has 4 aromatic rings. The molecular weight excluding hydrogens is 406 g/mol. The van der Waals surface area contributed by atoms with Crippen LogP contribution in [0.5, 0.6) is 0 Å². The standard InChI is InChI=1S/C23H19N7O2/c1-4-29-14-18(16-9-7-6-8-10-16)25-20(29)12-11-19-27-22-17(13-24)26-21(23(31)32-5-2)15(3)30(22)28-19/h6-10,14H,4-5H2,1-3H3. The zero-order chi connectivity index (χ0) is 22.7. The van der Waals surface area contributed by atoms with Gasteiger partial charge in [-0.25, -0.2) is 19.3 Å². The summed E-state index contributed by atoms with van der Waals surface area (Å²) in [7, 11) is 0. The van der Waals surface area contributed by atoms with Gasteiger partial charge in [-0.15, -0.1) is 5.10 Å². The Morgan fingerprint density at radius 2 is 1.91 bits per heavy atom. The van der Waals surface area contributed by atoms with Crippen LogP contribution in [0.1, 0.15) is 47.4 Å². The van der Waals surface area contributed by atoms with Gasteiger partial charge in [0.15, 0.2) is 22.9 Å². The molecule has 4 rings (SSSR count). The predicted molar refractivity (Wildman–Crippen MR) is 116 cm³/mol. The molecule has 3 heterocycles. The number of aromatic nitrogens is 6. The number of carbonyl (C=O) groups is 1. The Labute approximate surface area is 184 Å². The van der Waals surface area contributed by atoms with Gasteiger partial charge in [-0.3, -0.25) is 0 Å². The highest BCUT2D eigenvalue weighted by Crippen LogP contribution is 2.18. The third-order valence-electron chi connectivity index (χ3n) is 4.75. The highest BCUT2D eigenvalue weighted by Gasteiger charge is 2.20. The summed E-state index contributed by atoms with van der Waals surface area (Å²) in [5, 5.41) is 13.8.